The minimum Gasteiger partial charge on any atom is -0.354 e. The van der Waals surface area contributed by atoms with Gasteiger partial charge in [0.25, 0.3) is 0 Å². The van der Waals surface area contributed by atoms with Crippen LogP contribution in [-0.4, -0.2) is 35.1 Å². The number of aryl methyl sites for hydroxylation is 1. The van der Waals surface area contributed by atoms with Crippen molar-refractivity contribution in [1.29, 1.82) is 0 Å². The summed E-state index contributed by atoms with van der Waals surface area (Å²) in [6, 6.07) is 17.7. The third-order valence-electron chi connectivity index (χ3n) is 5.00. The van der Waals surface area contributed by atoms with E-state index in [1.165, 1.54) is 0 Å². The van der Waals surface area contributed by atoms with Crippen LogP contribution in [0, 0.1) is 12.8 Å². The van der Waals surface area contributed by atoms with E-state index >= 15 is 0 Å². The summed E-state index contributed by atoms with van der Waals surface area (Å²) in [6.07, 6.45) is 0.993. The van der Waals surface area contributed by atoms with Gasteiger partial charge in [-0.1, -0.05) is 63.2 Å². The molecule has 5 heteroatoms. The summed E-state index contributed by atoms with van der Waals surface area (Å²) >= 11 is 1.67. The molecular formula is C25H34N2O2S. The molecule has 2 aromatic carbocycles. The van der Waals surface area contributed by atoms with Crippen molar-refractivity contribution in [3.05, 3.63) is 65.7 Å². The van der Waals surface area contributed by atoms with E-state index in [2.05, 4.69) is 31.3 Å². The molecule has 0 spiro atoms. The van der Waals surface area contributed by atoms with Crippen molar-refractivity contribution in [2.75, 3.05) is 12.3 Å². The number of rotatable bonds is 11. The first-order valence-corrected chi connectivity index (χ1v) is 11.7. The maximum Gasteiger partial charge on any atom is 0.242 e. The summed E-state index contributed by atoms with van der Waals surface area (Å²) < 4.78 is 0. The van der Waals surface area contributed by atoms with Gasteiger partial charge in [0.2, 0.25) is 11.8 Å². The Bertz CT molecular complexity index is 808. The zero-order chi connectivity index (χ0) is 21.9. The Kier molecular flexibility index (Phi) is 9.95. The molecule has 0 aromatic heterocycles. The van der Waals surface area contributed by atoms with Crippen LogP contribution in [0.4, 0.5) is 0 Å². The van der Waals surface area contributed by atoms with Crippen LogP contribution in [0.1, 0.15) is 44.7 Å². The smallest absolute Gasteiger partial charge is 0.242 e. The van der Waals surface area contributed by atoms with Gasteiger partial charge < -0.3 is 10.2 Å². The Labute approximate surface area is 185 Å². The van der Waals surface area contributed by atoms with E-state index in [4.69, 9.17) is 0 Å². The minimum absolute atomic E-state index is 0.0215. The van der Waals surface area contributed by atoms with E-state index in [1.807, 2.05) is 56.3 Å². The lowest BCUT2D eigenvalue weighted by Crippen LogP contribution is -2.49. The number of nitrogens with zero attached hydrogens (tertiary/aromatic N) is 1. The number of thioether (sulfide) groups is 1. The van der Waals surface area contributed by atoms with Gasteiger partial charge in [-0.2, -0.15) is 0 Å². The average Bonchev–Trinajstić information content (AvgIpc) is 2.74. The number of nitrogens with one attached hydrogen (secondary N) is 1. The highest BCUT2D eigenvalue weighted by atomic mass is 32.2. The molecule has 30 heavy (non-hydrogen) atoms. The van der Waals surface area contributed by atoms with E-state index < -0.39 is 6.04 Å². The van der Waals surface area contributed by atoms with Gasteiger partial charge in [-0.3, -0.25) is 9.59 Å². The Balaban J connectivity index is 2.13. The third kappa shape index (κ3) is 7.52. The molecule has 1 atom stereocenters. The molecule has 0 heterocycles. The van der Waals surface area contributed by atoms with E-state index in [0.717, 1.165) is 16.0 Å². The third-order valence-corrected chi connectivity index (χ3v) is 6.01. The van der Waals surface area contributed by atoms with Crippen LogP contribution in [0.5, 0.6) is 0 Å². The predicted octanol–water partition coefficient (Wildman–Crippen LogP) is 5.06. The lowest BCUT2D eigenvalue weighted by Gasteiger charge is -2.31. The van der Waals surface area contributed by atoms with Crippen molar-refractivity contribution in [1.82, 2.24) is 10.2 Å². The van der Waals surface area contributed by atoms with Crippen LogP contribution < -0.4 is 5.32 Å². The summed E-state index contributed by atoms with van der Waals surface area (Å²) in [4.78, 5) is 29.0. The largest absolute Gasteiger partial charge is 0.354 e. The Morgan fingerprint density at radius 2 is 1.70 bits per heavy atom. The van der Waals surface area contributed by atoms with Crippen molar-refractivity contribution < 1.29 is 9.59 Å². The first kappa shape index (κ1) is 24.0. The molecule has 0 aliphatic carbocycles. The fraction of sp³-hybridized carbons (Fsp3) is 0.440. The van der Waals surface area contributed by atoms with Gasteiger partial charge in [0.1, 0.15) is 6.04 Å². The van der Waals surface area contributed by atoms with Crippen molar-refractivity contribution >= 4 is 23.6 Å². The number of carbonyl (C=O) groups excluding carboxylic acids is 2. The molecule has 2 amide bonds. The van der Waals surface area contributed by atoms with Crippen LogP contribution >= 0.6 is 11.8 Å². The van der Waals surface area contributed by atoms with Crippen molar-refractivity contribution in [2.24, 2.45) is 5.92 Å². The summed E-state index contributed by atoms with van der Waals surface area (Å²) in [7, 11) is 0. The maximum absolute atomic E-state index is 13.2. The van der Waals surface area contributed by atoms with E-state index in [9.17, 15) is 9.59 Å². The highest BCUT2D eigenvalue weighted by Gasteiger charge is 2.28. The van der Waals surface area contributed by atoms with Crippen LogP contribution in [0.15, 0.2) is 59.5 Å². The lowest BCUT2D eigenvalue weighted by atomic mass is 10.1. The number of carbonyl (C=O) groups is 2. The van der Waals surface area contributed by atoms with Crippen molar-refractivity contribution in [2.45, 2.75) is 58.0 Å². The van der Waals surface area contributed by atoms with Gasteiger partial charge in [-0.15, -0.1) is 11.8 Å². The molecule has 0 fully saturated rings. The zero-order valence-electron chi connectivity index (χ0n) is 18.6. The molecule has 0 saturated carbocycles. The fourth-order valence-corrected chi connectivity index (χ4v) is 4.09. The lowest BCUT2D eigenvalue weighted by molar-refractivity contribution is -0.141. The molecule has 2 aromatic rings. The molecule has 4 nitrogen and oxygen atoms in total. The molecule has 1 N–H and O–H groups in total. The molecular weight excluding hydrogens is 392 g/mol. The first-order chi connectivity index (χ1) is 14.4. The van der Waals surface area contributed by atoms with E-state index in [-0.39, 0.29) is 11.8 Å². The monoisotopic (exact) mass is 426 g/mol. The Hall–Kier alpha value is -2.27. The maximum atomic E-state index is 13.2. The van der Waals surface area contributed by atoms with Crippen LogP contribution in [0.3, 0.4) is 0 Å². The van der Waals surface area contributed by atoms with Gasteiger partial charge in [0.15, 0.2) is 0 Å². The van der Waals surface area contributed by atoms with Crippen molar-refractivity contribution in [3.8, 4) is 0 Å². The first-order valence-electron chi connectivity index (χ1n) is 10.7. The highest BCUT2D eigenvalue weighted by molar-refractivity contribution is 7.99. The number of benzene rings is 2. The van der Waals surface area contributed by atoms with E-state index in [0.29, 0.717) is 37.6 Å². The molecule has 2 rings (SSSR count). The SMILES string of the molecule is CC[C@H](C(=O)NCC(C)C)N(Cc1ccccc1C)C(=O)CCSc1ccccc1. The molecule has 0 radical (unpaired) electrons. The standard InChI is InChI=1S/C25H34N2O2S/c1-5-23(25(29)26-17-19(2)3)27(18-21-12-10-9-11-20(21)4)24(28)15-16-30-22-13-7-6-8-14-22/h6-14,19,23H,5,15-18H2,1-4H3,(H,26,29)/t23-/m1/s1. The zero-order valence-corrected chi connectivity index (χ0v) is 19.4. The van der Waals surface area contributed by atoms with Gasteiger partial charge in [0, 0.05) is 30.2 Å². The second kappa shape index (κ2) is 12.4. The fourth-order valence-electron chi connectivity index (χ4n) is 3.23. The van der Waals surface area contributed by atoms with Crippen LogP contribution in [0.2, 0.25) is 0 Å². The predicted molar refractivity (Wildman–Crippen MR) is 125 cm³/mol. The number of amides is 2. The minimum atomic E-state index is -0.461. The van der Waals surface area contributed by atoms with Crippen LogP contribution in [-0.2, 0) is 16.1 Å². The van der Waals surface area contributed by atoms with E-state index in [1.54, 1.807) is 16.7 Å². The second-order valence-corrected chi connectivity index (χ2v) is 9.09. The average molecular weight is 427 g/mol. The molecule has 0 bridgehead atoms. The molecule has 162 valence electrons. The van der Waals surface area contributed by atoms with Gasteiger partial charge in [-0.05, 0) is 42.5 Å². The molecule has 0 aliphatic heterocycles. The topological polar surface area (TPSA) is 49.4 Å². The number of hydrogen-bond acceptors (Lipinski definition) is 3. The summed E-state index contributed by atoms with van der Waals surface area (Å²) in [5.41, 5.74) is 2.21. The molecule has 0 saturated heterocycles. The van der Waals surface area contributed by atoms with Crippen LogP contribution in [0.25, 0.3) is 0 Å². The number of hydrogen-bond donors (Lipinski definition) is 1. The molecule has 0 aliphatic rings. The highest BCUT2D eigenvalue weighted by Crippen LogP contribution is 2.21. The quantitative estimate of drug-likeness (QED) is 0.511. The molecule has 0 unspecified atom stereocenters. The summed E-state index contributed by atoms with van der Waals surface area (Å²) in [5, 5.41) is 3.01. The Morgan fingerprint density at radius 1 is 1.03 bits per heavy atom. The van der Waals surface area contributed by atoms with Gasteiger partial charge >= 0.3 is 0 Å². The second-order valence-electron chi connectivity index (χ2n) is 7.92. The van der Waals surface area contributed by atoms with Crippen molar-refractivity contribution in [3.63, 3.8) is 0 Å². The van der Waals surface area contributed by atoms with Gasteiger partial charge in [-0.25, -0.2) is 0 Å². The normalized spacial score (nSPS) is 11.9. The summed E-state index contributed by atoms with van der Waals surface area (Å²) in [6.45, 7) is 9.22. The Morgan fingerprint density at radius 3 is 2.33 bits per heavy atom. The summed E-state index contributed by atoms with van der Waals surface area (Å²) in [5.74, 6) is 1.02. The van der Waals surface area contributed by atoms with Gasteiger partial charge in [0.05, 0.1) is 0 Å².